The maximum absolute atomic E-state index is 12.9. The number of carbonyl (C=O) groups is 2. The molecule has 10 heteroatoms. The van der Waals surface area contributed by atoms with Crippen LogP contribution in [-0.4, -0.2) is 74.9 Å². The largest absolute Gasteiger partial charge is 0.472 e. The highest BCUT2D eigenvalue weighted by atomic mass is 31.2. The van der Waals surface area contributed by atoms with Gasteiger partial charge in [-0.05, 0) is 167 Å². The van der Waals surface area contributed by atoms with E-state index in [0.717, 1.165) is 180 Å². The molecule has 0 rings (SSSR count). The van der Waals surface area contributed by atoms with Gasteiger partial charge in [-0.25, -0.2) is 4.57 Å². The summed E-state index contributed by atoms with van der Waals surface area (Å²) in [6.45, 7) is 4.10. The summed E-state index contributed by atoms with van der Waals surface area (Å²) in [5.41, 5.74) is 0. The quantitative estimate of drug-likeness (QED) is 0.0211. The fourth-order valence-electron chi connectivity index (χ4n) is 8.48. The molecule has 0 aliphatic rings. The number of esters is 2. The van der Waals surface area contributed by atoms with Gasteiger partial charge in [0.15, 0.2) is 6.10 Å². The van der Waals surface area contributed by atoms with E-state index in [1.54, 1.807) is 0 Å². The van der Waals surface area contributed by atoms with Crippen LogP contribution in [0.25, 0.3) is 0 Å². The number of phosphoric acid groups is 1. The summed E-state index contributed by atoms with van der Waals surface area (Å²) < 4.78 is 34.6. The van der Waals surface area contributed by atoms with Crippen LogP contribution in [0.15, 0.2) is 243 Å². The second-order valence-electron chi connectivity index (χ2n) is 23.8. The van der Waals surface area contributed by atoms with Crippen molar-refractivity contribution in [3.05, 3.63) is 243 Å². The Morgan fingerprint density at radius 1 is 0.330 bits per heavy atom. The second-order valence-corrected chi connectivity index (χ2v) is 25.3. The highest BCUT2D eigenvalue weighted by Crippen LogP contribution is 2.43. The molecule has 0 fully saturated rings. The number of likely N-dealkylation sites (N-methyl/N-ethyl adjacent to an activating group) is 1. The van der Waals surface area contributed by atoms with E-state index in [4.69, 9.17) is 18.5 Å². The van der Waals surface area contributed by atoms with E-state index in [2.05, 4.69) is 257 Å². The minimum absolute atomic E-state index is 0.00656. The summed E-state index contributed by atoms with van der Waals surface area (Å²) in [6.07, 6.45) is 117. The summed E-state index contributed by atoms with van der Waals surface area (Å²) in [5.74, 6) is -0.888. The van der Waals surface area contributed by atoms with Crippen LogP contribution in [0.1, 0.15) is 219 Å². The first-order valence-corrected chi connectivity index (χ1v) is 37.3. The van der Waals surface area contributed by atoms with E-state index in [0.29, 0.717) is 23.9 Å². The first-order valence-electron chi connectivity index (χ1n) is 35.8. The summed E-state index contributed by atoms with van der Waals surface area (Å²) >= 11 is 0. The molecule has 94 heavy (non-hydrogen) atoms. The highest BCUT2D eigenvalue weighted by Gasteiger charge is 2.27. The fourth-order valence-corrected chi connectivity index (χ4v) is 9.22. The molecule has 2 atom stereocenters. The zero-order chi connectivity index (χ0) is 68.3. The number of quaternary nitrogens is 1. The fraction of sp³-hybridized carbons (Fsp3) is 0.500. The molecule has 9 nitrogen and oxygen atoms in total. The molecule has 0 bridgehead atoms. The summed E-state index contributed by atoms with van der Waals surface area (Å²) in [5, 5.41) is 0. The Hall–Kier alpha value is -6.19. The molecule has 522 valence electrons. The highest BCUT2D eigenvalue weighted by molar-refractivity contribution is 7.47. The minimum atomic E-state index is -4.43. The zero-order valence-electron chi connectivity index (χ0n) is 59.3. The average molecular weight is 1310 g/mol. The number of phosphoric ester groups is 1. The number of unbranched alkanes of at least 4 members (excludes halogenated alkanes) is 8. The maximum atomic E-state index is 12.9. The summed E-state index contributed by atoms with van der Waals surface area (Å²) in [6, 6.07) is 0. The molecule has 0 aromatic heterocycles. The standard InChI is InChI=1S/C84H128NO8P/c1-6-8-10-12-14-16-18-20-22-24-26-28-30-32-34-36-38-40-41-42-43-45-47-49-51-53-55-57-59-61-63-65-67-69-71-73-75-77-84(87)93-82(81-92-94(88,89)91-79-78-85(3,4)5)80-90-83(86)76-74-72-70-68-66-64-62-60-58-56-54-52-50-48-46-44-39-37-35-33-31-29-27-25-23-21-19-17-15-13-11-9-7-2/h8-11,14-17,20-23,26-29,32-35,38-40,42-44,47-50,53-56,59-62,66,68,82H,6-7,12-13,18-19,24-25,30-31,36-37,41,45-46,51-52,57-58,63-65,67,69-81H2,1-5H3/p+1/b10-8-,11-9-,16-14-,17-15-,22-20-,23-21-,28-26-,29-27-,34-32-,35-33-,40-38-,43-42-,44-39-,49-47-,50-48-,55-53-,56-54-,61-59-,62-60-,68-66-. The molecular weight excluding hydrogens is 1180 g/mol. The predicted molar refractivity (Wildman–Crippen MR) is 407 cm³/mol. The first-order chi connectivity index (χ1) is 46.0. The minimum Gasteiger partial charge on any atom is -0.462 e. The van der Waals surface area contributed by atoms with E-state index in [9.17, 15) is 19.0 Å². The van der Waals surface area contributed by atoms with E-state index >= 15 is 0 Å². The topological polar surface area (TPSA) is 108 Å². The molecule has 0 saturated heterocycles. The van der Waals surface area contributed by atoms with Gasteiger partial charge in [0, 0.05) is 12.8 Å². The molecule has 0 spiro atoms. The number of ether oxygens (including phenoxy) is 2. The number of hydrogen-bond donors (Lipinski definition) is 1. The van der Waals surface area contributed by atoms with Crippen LogP contribution in [0.2, 0.25) is 0 Å². The number of nitrogens with zero attached hydrogens (tertiary/aromatic N) is 1. The van der Waals surface area contributed by atoms with E-state index in [1.807, 2.05) is 21.1 Å². The molecule has 0 heterocycles. The Morgan fingerprint density at radius 3 is 0.872 bits per heavy atom. The normalized spacial score (nSPS) is 14.6. The smallest absolute Gasteiger partial charge is 0.462 e. The lowest BCUT2D eigenvalue weighted by atomic mass is 10.1. The van der Waals surface area contributed by atoms with Gasteiger partial charge in [-0.15, -0.1) is 0 Å². The molecule has 0 aromatic rings. The maximum Gasteiger partial charge on any atom is 0.472 e. The van der Waals surface area contributed by atoms with Gasteiger partial charge >= 0.3 is 19.8 Å². The predicted octanol–water partition coefficient (Wildman–Crippen LogP) is 23.9. The Bertz CT molecular complexity index is 2490. The lowest BCUT2D eigenvalue weighted by molar-refractivity contribution is -0.870. The Kier molecular flexibility index (Phi) is 66.4. The average Bonchev–Trinajstić information content (AvgIpc) is 1.56. The van der Waals surface area contributed by atoms with Gasteiger partial charge in [0.2, 0.25) is 0 Å². The SMILES string of the molecule is CC/C=C\C/C=C\C/C=C\C/C=C\C/C=C\C/C=C\C/C=C\C/C=C\C/C=C\C/C=C\CCCCCCCCC(=O)OC(COC(=O)CCCC/C=C\C/C=C\C/C=C\C/C=C\C/C=C\C/C=C\C/C=C\C/C=C\C/C=C\C/C=C\CC)COP(=O)(O)OCC[N+](C)(C)C. The third-order valence-corrected chi connectivity index (χ3v) is 14.9. The second kappa shape index (κ2) is 71.1. The van der Waals surface area contributed by atoms with Crippen molar-refractivity contribution in [1.29, 1.82) is 0 Å². The van der Waals surface area contributed by atoms with Gasteiger partial charge in [-0.1, -0.05) is 283 Å². The van der Waals surface area contributed by atoms with Crippen LogP contribution in [0.3, 0.4) is 0 Å². The molecular formula is C84H129NO8P+. The Morgan fingerprint density at radius 2 is 0.574 bits per heavy atom. The Balaban J connectivity index is 4.28. The molecule has 0 aromatic carbocycles. The molecule has 0 amide bonds. The first kappa shape index (κ1) is 87.8. The molecule has 1 N–H and O–H groups in total. The van der Waals surface area contributed by atoms with E-state index in [-0.39, 0.29) is 26.1 Å². The van der Waals surface area contributed by atoms with Crippen molar-refractivity contribution >= 4 is 19.8 Å². The van der Waals surface area contributed by atoms with Crippen molar-refractivity contribution in [3.8, 4) is 0 Å². The monoisotopic (exact) mass is 1310 g/mol. The van der Waals surface area contributed by atoms with Crippen molar-refractivity contribution in [2.75, 3.05) is 47.5 Å². The van der Waals surface area contributed by atoms with Crippen LogP contribution >= 0.6 is 7.82 Å². The van der Waals surface area contributed by atoms with Crippen molar-refractivity contribution in [3.63, 3.8) is 0 Å². The molecule has 0 saturated carbocycles. The molecule has 0 aliphatic carbocycles. The number of rotatable bonds is 62. The van der Waals surface area contributed by atoms with Gasteiger partial charge in [0.1, 0.15) is 19.8 Å². The number of allylic oxidation sites excluding steroid dienone is 40. The number of hydrogen-bond acceptors (Lipinski definition) is 7. The number of carbonyl (C=O) groups excluding carboxylic acids is 2. The van der Waals surface area contributed by atoms with Crippen LogP contribution in [0.4, 0.5) is 0 Å². The Labute approximate surface area is 574 Å². The zero-order valence-corrected chi connectivity index (χ0v) is 60.2. The third-order valence-electron chi connectivity index (χ3n) is 13.9. The van der Waals surface area contributed by atoms with Crippen LogP contribution < -0.4 is 0 Å². The lowest BCUT2D eigenvalue weighted by Gasteiger charge is -2.24. The van der Waals surface area contributed by atoms with Crippen molar-refractivity contribution in [2.45, 2.75) is 225 Å². The van der Waals surface area contributed by atoms with Crippen molar-refractivity contribution in [2.24, 2.45) is 0 Å². The van der Waals surface area contributed by atoms with Gasteiger partial charge in [-0.3, -0.25) is 18.6 Å². The third kappa shape index (κ3) is 74.8. The molecule has 0 aliphatic heterocycles. The molecule has 2 unspecified atom stereocenters. The molecule has 0 radical (unpaired) electrons. The van der Waals surface area contributed by atoms with Crippen molar-refractivity contribution < 1.29 is 42.1 Å². The van der Waals surface area contributed by atoms with Gasteiger partial charge < -0.3 is 18.9 Å². The summed E-state index contributed by atoms with van der Waals surface area (Å²) in [4.78, 5) is 35.9. The van der Waals surface area contributed by atoms with Crippen LogP contribution in [0.5, 0.6) is 0 Å². The van der Waals surface area contributed by atoms with Crippen LogP contribution in [0, 0.1) is 0 Å². The van der Waals surface area contributed by atoms with E-state index < -0.39 is 32.5 Å². The lowest BCUT2D eigenvalue weighted by Crippen LogP contribution is -2.37. The van der Waals surface area contributed by atoms with Gasteiger partial charge in [0.25, 0.3) is 0 Å². The van der Waals surface area contributed by atoms with Crippen LogP contribution in [-0.2, 0) is 32.7 Å². The van der Waals surface area contributed by atoms with E-state index in [1.165, 1.54) is 0 Å². The van der Waals surface area contributed by atoms with Gasteiger partial charge in [-0.2, -0.15) is 0 Å². The van der Waals surface area contributed by atoms with Gasteiger partial charge in [0.05, 0.1) is 27.7 Å². The summed E-state index contributed by atoms with van der Waals surface area (Å²) in [7, 11) is 1.40. The van der Waals surface area contributed by atoms with Crippen molar-refractivity contribution in [1.82, 2.24) is 0 Å².